The van der Waals surface area contributed by atoms with Gasteiger partial charge < -0.3 is 19.3 Å². The number of nitrogens with zero attached hydrogens (tertiary/aromatic N) is 2. The van der Waals surface area contributed by atoms with Crippen LogP contribution < -0.4 is 15.7 Å². The van der Waals surface area contributed by atoms with Crippen molar-refractivity contribution < 1.29 is 18.8 Å². The Kier molecular flexibility index (Phi) is 8.14. The van der Waals surface area contributed by atoms with Crippen molar-refractivity contribution in [2.45, 2.75) is 38.8 Å². The van der Waals surface area contributed by atoms with E-state index in [1.165, 1.54) is 24.9 Å². The lowest BCUT2D eigenvalue weighted by Gasteiger charge is -2.18. The molecule has 1 amide bonds. The lowest BCUT2D eigenvalue weighted by atomic mass is 10.1. The summed E-state index contributed by atoms with van der Waals surface area (Å²) in [5.41, 5.74) is 0.0414. The summed E-state index contributed by atoms with van der Waals surface area (Å²) in [5.74, 6) is 3.31. The lowest BCUT2D eigenvalue weighted by Crippen LogP contribution is -2.37. The van der Waals surface area contributed by atoms with E-state index in [1.54, 1.807) is 13.0 Å². The second-order valence-corrected chi connectivity index (χ2v) is 6.99. The normalized spacial score (nSPS) is 17.4. The molecule has 9 heteroatoms. The Morgan fingerprint density at radius 3 is 3.04 bits per heavy atom. The van der Waals surface area contributed by atoms with Gasteiger partial charge in [-0.05, 0) is 13.3 Å². The van der Waals surface area contributed by atoms with Crippen molar-refractivity contribution in [3.63, 3.8) is 0 Å². The van der Waals surface area contributed by atoms with Gasteiger partial charge in [0.05, 0.1) is 19.2 Å². The van der Waals surface area contributed by atoms with Crippen molar-refractivity contribution in [1.29, 1.82) is 0 Å². The molecule has 2 heterocycles. The van der Waals surface area contributed by atoms with Gasteiger partial charge >= 0.3 is 5.63 Å². The van der Waals surface area contributed by atoms with Crippen LogP contribution in [-0.2, 0) is 9.63 Å². The molecule has 1 aromatic rings. The van der Waals surface area contributed by atoms with Gasteiger partial charge in [0.2, 0.25) is 5.91 Å². The van der Waals surface area contributed by atoms with Crippen LogP contribution in [0.1, 0.15) is 38.5 Å². The summed E-state index contributed by atoms with van der Waals surface area (Å²) in [6, 6.07) is 1.86. The van der Waals surface area contributed by atoms with E-state index >= 15 is 0 Å². The highest BCUT2D eigenvalue weighted by Gasteiger charge is 2.29. The van der Waals surface area contributed by atoms with Gasteiger partial charge in [0, 0.05) is 11.8 Å². The molecule has 0 saturated heterocycles. The minimum absolute atomic E-state index is 0.0731. The number of rotatable bonds is 9. The molecule has 1 aromatic heterocycles. The molecule has 0 fully saturated rings. The van der Waals surface area contributed by atoms with Crippen molar-refractivity contribution in [1.82, 2.24) is 5.32 Å². The van der Waals surface area contributed by atoms with Crippen LogP contribution in [0.5, 0.6) is 5.75 Å². The van der Waals surface area contributed by atoms with Gasteiger partial charge in [0.25, 0.3) is 0 Å². The molecule has 8 nitrogen and oxygen atoms in total. The highest BCUT2D eigenvalue weighted by Crippen LogP contribution is 2.24. The second kappa shape index (κ2) is 10.6. The van der Waals surface area contributed by atoms with Crippen LogP contribution in [0.2, 0.25) is 0 Å². The third-order valence-electron chi connectivity index (χ3n) is 3.85. The van der Waals surface area contributed by atoms with Crippen molar-refractivity contribution in [2.24, 2.45) is 10.1 Å². The average Bonchev–Trinajstić information content (AvgIpc) is 3.17. The summed E-state index contributed by atoms with van der Waals surface area (Å²) in [4.78, 5) is 33.8. The molecule has 0 aromatic carbocycles. The predicted molar refractivity (Wildman–Crippen MR) is 109 cm³/mol. The molecular weight excluding hydrogens is 382 g/mol. The third-order valence-corrected chi connectivity index (χ3v) is 5.01. The van der Waals surface area contributed by atoms with Gasteiger partial charge in [-0.3, -0.25) is 9.79 Å². The summed E-state index contributed by atoms with van der Waals surface area (Å²) >= 11 is 1.42. The maximum atomic E-state index is 12.7. The van der Waals surface area contributed by atoms with Gasteiger partial charge in [0.1, 0.15) is 28.3 Å². The highest BCUT2D eigenvalue weighted by atomic mass is 32.2. The van der Waals surface area contributed by atoms with Crippen molar-refractivity contribution >= 4 is 28.4 Å². The molecule has 1 N–H and O–H groups in total. The average molecular weight is 405 g/mol. The van der Waals surface area contributed by atoms with Crippen molar-refractivity contribution in [2.75, 3.05) is 19.5 Å². The Balaban J connectivity index is 2.11. The first kappa shape index (κ1) is 21.6. The van der Waals surface area contributed by atoms with Crippen LogP contribution in [0.4, 0.5) is 0 Å². The van der Waals surface area contributed by atoms with Crippen LogP contribution in [0.25, 0.3) is 0 Å². The molecule has 2 atom stereocenters. The SMILES string of the molecule is C#CCO/N=C(\C)C1=NC(C(=O)NC(CCC)c2cc(OC)cc(=O)o2)CS1. The molecule has 0 radical (unpaired) electrons. The minimum atomic E-state index is -0.561. The number of carbonyl (C=O) groups is 1. The van der Waals surface area contributed by atoms with Gasteiger partial charge in [-0.1, -0.05) is 24.4 Å². The van der Waals surface area contributed by atoms with E-state index in [1.807, 2.05) is 6.92 Å². The molecule has 0 bridgehead atoms. The zero-order valence-corrected chi connectivity index (χ0v) is 16.9. The summed E-state index contributed by atoms with van der Waals surface area (Å²) in [6.07, 6.45) is 6.51. The first-order valence-electron chi connectivity index (χ1n) is 8.78. The zero-order valence-electron chi connectivity index (χ0n) is 16.1. The van der Waals surface area contributed by atoms with Crippen LogP contribution in [0.3, 0.4) is 0 Å². The highest BCUT2D eigenvalue weighted by molar-refractivity contribution is 8.16. The molecule has 2 rings (SSSR count). The van der Waals surface area contributed by atoms with E-state index < -0.39 is 17.7 Å². The summed E-state index contributed by atoms with van der Waals surface area (Å²) < 4.78 is 10.4. The number of hydrogen-bond donors (Lipinski definition) is 1. The number of oxime groups is 1. The number of methoxy groups -OCH3 is 1. The molecule has 1 aliphatic rings. The Bertz CT molecular complexity index is 856. The number of nitrogens with one attached hydrogen (secondary N) is 1. The van der Waals surface area contributed by atoms with E-state index in [2.05, 4.69) is 21.4 Å². The van der Waals surface area contributed by atoms with Gasteiger partial charge in [-0.2, -0.15) is 0 Å². The molecule has 150 valence electrons. The Morgan fingerprint density at radius 1 is 1.57 bits per heavy atom. The van der Waals surface area contributed by atoms with Crippen LogP contribution in [0, 0.1) is 12.3 Å². The number of terminal acetylenes is 1. The van der Waals surface area contributed by atoms with E-state index in [9.17, 15) is 9.59 Å². The first-order valence-corrected chi connectivity index (χ1v) is 9.77. The molecule has 1 aliphatic heterocycles. The smallest absolute Gasteiger partial charge is 0.339 e. The van der Waals surface area contributed by atoms with E-state index in [0.29, 0.717) is 34.4 Å². The fraction of sp³-hybridized carbons (Fsp3) is 0.474. The van der Waals surface area contributed by atoms with Crippen molar-refractivity contribution in [3.05, 3.63) is 28.3 Å². The Morgan fingerprint density at radius 2 is 2.36 bits per heavy atom. The number of hydrogen-bond acceptors (Lipinski definition) is 8. The van der Waals surface area contributed by atoms with E-state index in [4.69, 9.17) is 20.4 Å². The van der Waals surface area contributed by atoms with E-state index in [-0.39, 0.29) is 12.5 Å². The predicted octanol–water partition coefficient (Wildman–Crippen LogP) is 2.15. The van der Waals surface area contributed by atoms with E-state index in [0.717, 1.165) is 6.42 Å². The first-order chi connectivity index (χ1) is 13.5. The number of ether oxygens (including phenoxy) is 1. The summed E-state index contributed by atoms with van der Waals surface area (Å²) in [6.45, 7) is 3.80. The Labute approximate surface area is 167 Å². The fourth-order valence-corrected chi connectivity index (χ4v) is 3.51. The van der Waals surface area contributed by atoms with Crippen LogP contribution >= 0.6 is 11.8 Å². The molecule has 0 spiro atoms. The van der Waals surface area contributed by atoms with Gasteiger partial charge in [0.15, 0.2) is 6.61 Å². The maximum Gasteiger partial charge on any atom is 0.339 e. The monoisotopic (exact) mass is 405 g/mol. The third kappa shape index (κ3) is 5.89. The number of thioether (sulfide) groups is 1. The number of aliphatic imine (C=N–C) groups is 1. The lowest BCUT2D eigenvalue weighted by molar-refractivity contribution is -0.122. The minimum Gasteiger partial charge on any atom is -0.496 e. The quantitative estimate of drug-likeness (QED) is 0.292. The molecule has 28 heavy (non-hydrogen) atoms. The summed E-state index contributed by atoms with van der Waals surface area (Å²) in [5, 5.41) is 7.44. The van der Waals surface area contributed by atoms with Crippen LogP contribution in [0.15, 0.2) is 31.5 Å². The fourth-order valence-electron chi connectivity index (χ4n) is 2.52. The largest absolute Gasteiger partial charge is 0.496 e. The van der Waals surface area contributed by atoms with Crippen molar-refractivity contribution in [3.8, 4) is 18.1 Å². The molecule has 0 aliphatic carbocycles. The summed E-state index contributed by atoms with van der Waals surface area (Å²) in [7, 11) is 1.47. The number of carbonyl (C=O) groups excluding carboxylic acids is 1. The topological polar surface area (TPSA) is 102 Å². The molecule has 0 saturated carbocycles. The number of amides is 1. The van der Waals surface area contributed by atoms with Gasteiger partial charge in [-0.15, -0.1) is 18.2 Å². The Hall–Kier alpha value is -2.73. The standard InChI is InChI=1S/C19H23N3O5S/c1-5-7-14(16-9-13(25-4)10-17(23)27-16)20-18(24)15-11-28-19(21-15)12(3)22-26-8-6-2/h2,9-10,14-15H,5,7-8,11H2,1,3-4H3,(H,20,24)/b22-12+. The second-order valence-electron chi connectivity index (χ2n) is 5.98. The zero-order chi connectivity index (χ0) is 20.5. The molecular formula is C19H23N3O5S. The molecule has 2 unspecified atom stereocenters. The van der Waals surface area contributed by atoms with Gasteiger partial charge in [-0.25, -0.2) is 4.79 Å². The van der Waals surface area contributed by atoms with Crippen LogP contribution in [-0.4, -0.2) is 42.2 Å². The maximum absolute atomic E-state index is 12.7.